The van der Waals surface area contributed by atoms with Crippen molar-refractivity contribution in [1.82, 2.24) is 14.8 Å². The molecule has 2 aromatic heterocycles. The standard InChI is InChI=1S/C24H24N4O2S/c1-16-4-9-19(10-5-16)21-15-31-24(25-21)28-22(14-17(2)27-28)26-23(29)13-8-18-6-11-20(30-3)12-7-18/h4-7,9-12,14-15H,8,13H2,1-3H3,(H,26,29). The number of anilines is 1. The summed E-state index contributed by atoms with van der Waals surface area (Å²) in [6.45, 7) is 3.96. The van der Waals surface area contributed by atoms with Crippen LogP contribution in [0.3, 0.4) is 0 Å². The van der Waals surface area contributed by atoms with Gasteiger partial charge in [0.1, 0.15) is 11.6 Å². The number of rotatable bonds is 7. The van der Waals surface area contributed by atoms with E-state index in [0.29, 0.717) is 23.8 Å². The highest BCUT2D eigenvalue weighted by Crippen LogP contribution is 2.26. The average molecular weight is 433 g/mol. The molecule has 2 heterocycles. The zero-order chi connectivity index (χ0) is 21.8. The molecule has 4 aromatic rings. The van der Waals surface area contributed by atoms with Crippen LogP contribution in [0.4, 0.5) is 5.82 Å². The second-order valence-corrected chi connectivity index (χ2v) is 8.20. The van der Waals surface area contributed by atoms with Gasteiger partial charge in [-0.15, -0.1) is 11.3 Å². The second-order valence-electron chi connectivity index (χ2n) is 7.36. The molecule has 0 aliphatic carbocycles. The number of carbonyl (C=O) groups excluding carboxylic acids is 1. The Morgan fingerprint density at radius 1 is 1.10 bits per heavy atom. The highest BCUT2D eigenvalue weighted by molar-refractivity contribution is 7.12. The van der Waals surface area contributed by atoms with Crippen LogP contribution in [-0.2, 0) is 11.2 Å². The van der Waals surface area contributed by atoms with Gasteiger partial charge in [0.2, 0.25) is 11.0 Å². The molecule has 0 saturated heterocycles. The molecule has 0 unspecified atom stereocenters. The number of aryl methyl sites for hydroxylation is 3. The van der Waals surface area contributed by atoms with Gasteiger partial charge in [0.25, 0.3) is 0 Å². The van der Waals surface area contributed by atoms with Gasteiger partial charge in [0.05, 0.1) is 18.5 Å². The maximum absolute atomic E-state index is 12.6. The fourth-order valence-electron chi connectivity index (χ4n) is 3.21. The first-order valence-electron chi connectivity index (χ1n) is 10.0. The Morgan fingerprint density at radius 3 is 2.55 bits per heavy atom. The Bertz CT molecular complexity index is 1180. The molecule has 0 atom stereocenters. The van der Waals surface area contributed by atoms with E-state index in [1.54, 1.807) is 11.8 Å². The van der Waals surface area contributed by atoms with Crippen molar-refractivity contribution in [3.63, 3.8) is 0 Å². The molecule has 0 aliphatic rings. The highest BCUT2D eigenvalue weighted by Gasteiger charge is 2.14. The number of methoxy groups -OCH3 is 1. The Labute approximate surface area is 185 Å². The van der Waals surface area contributed by atoms with Crippen LogP contribution in [0.2, 0.25) is 0 Å². The number of hydrogen-bond acceptors (Lipinski definition) is 5. The third kappa shape index (κ3) is 5.00. The number of benzene rings is 2. The van der Waals surface area contributed by atoms with E-state index >= 15 is 0 Å². The molecule has 2 aromatic carbocycles. The summed E-state index contributed by atoms with van der Waals surface area (Å²) < 4.78 is 6.87. The molecular weight excluding hydrogens is 408 g/mol. The summed E-state index contributed by atoms with van der Waals surface area (Å²) in [4.78, 5) is 17.3. The topological polar surface area (TPSA) is 69.0 Å². The summed E-state index contributed by atoms with van der Waals surface area (Å²) in [6.07, 6.45) is 1.03. The Kier molecular flexibility index (Phi) is 6.13. The van der Waals surface area contributed by atoms with Crippen LogP contribution < -0.4 is 10.1 Å². The molecule has 31 heavy (non-hydrogen) atoms. The number of aromatic nitrogens is 3. The lowest BCUT2D eigenvalue weighted by Crippen LogP contribution is -2.15. The zero-order valence-electron chi connectivity index (χ0n) is 17.8. The van der Waals surface area contributed by atoms with Crippen LogP contribution in [-0.4, -0.2) is 27.8 Å². The van der Waals surface area contributed by atoms with Gasteiger partial charge in [0, 0.05) is 23.4 Å². The van der Waals surface area contributed by atoms with E-state index in [0.717, 1.165) is 28.3 Å². The van der Waals surface area contributed by atoms with E-state index in [9.17, 15) is 4.79 Å². The van der Waals surface area contributed by atoms with Crippen molar-refractivity contribution in [2.75, 3.05) is 12.4 Å². The number of hydrogen-bond donors (Lipinski definition) is 1. The van der Waals surface area contributed by atoms with Crippen LogP contribution in [0, 0.1) is 13.8 Å². The summed E-state index contributed by atoms with van der Waals surface area (Å²) in [5.41, 5.74) is 5.06. The van der Waals surface area contributed by atoms with Gasteiger partial charge >= 0.3 is 0 Å². The molecule has 1 amide bonds. The molecule has 0 bridgehead atoms. The van der Waals surface area contributed by atoms with Crippen molar-refractivity contribution in [3.8, 4) is 22.1 Å². The van der Waals surface area contributed by atoms with E-state index in [2.05, 4.69) is 41.6 Å². The minimum atomic E-state index is -0.0627. The number of amides is 1. The molecule has 1 N–H and O–H groups in total. The van der Waals surface area contributed by atoms with Gasteiger partial charge in [-0.3, -0.25) is 4.79 Å². The van der Waals surface area contributed by atoms with Crippen molar-refractivity contribution in [2.45, 2.75) is 26.7 Å². The summed E-state index contributed by atoms with van der Waals surface area (Å²) in [5.74, 6) is 1.37. The van der Waals surface area contributed by atoms with Crippen molar-refractivity contribution < 1.29 is 9.53 Å². The van der Waals surface area contributed by atoms with Crippen molar-refractivity contribution in [3.05, 3.63) is 76.8 Å². The Hall–Kier alpha value is -3.45. The number of nitrogens with zero attached hydrogens (tertiary/aromatic N) is 3. The number of nitrogens with one attached hydrogen (secondary N) is 1. The SMILES string of the molecule is COc1ccc(CCC(=O)Nc2cc(C)nn2-c2nc(-c3ccc(C)cc3)cs2)cc1. The summed E-state index contributed by atoms with van der Waals surface area (Å²) in [7, 11) is 1.64. The lowest BCUT2D eigenvalue weighted by atomic mass is 10.1. The van der Waals surface area contributed by atoms with Crippen LogP contribution in [0.5, 0.6) is 5.75 Å². The minimum absolute atomic E-state index is 0.0627. The molecule has 0 saturated carbocycles. The minimum Gasteiger partial charge on any atom is -0.497 e. The van der Waals surface area contributed by atoms with Gasteiger partial charge in [-0.25, -0.2) is 4.98 Å². The third-order valence-electron chi connectivity index (χ3n) is 4.92. The molecule has 6 nitrogen and oxygen atoms in total. The van der Waals surface area contributed by atoms with Crippen LogP contribution in [0.1, 0.15) is 23.2 Å². The van der Waals surface area contributed by atoms with E-state index in [1.165, 1.54) is 16.9 Å². The molecular formula is C24H24N4O2S. The molecule has 0 radical (unpaired) electrons. The molecule has 7 heteroatoms. The van der Waals surface area contributed by atoms with Crippen LogP contribution in [0.25, 0.3) is 16.4 Å². The summed E-state index contributed by atoms with van der Waals surface area (Å²) in [5, 5.41) is 10.2. The van der Waals surface area contributed by atoms with Crippen molar-refractivity contribution in [2.24, 2.45) is 0 Å². The Morgan fingerprint density at radius 2 is 1.84 bits per heavy atom. The van der Waals surface area contributed by atoms with Crippen LogP contribution >= 0.6 is 11.3 Å². The number of carbonyl (C=O) groups is 1. The number of ether oxygens (including phenoxy) is 1. The average Bonchev–Trinajstić information content (AvgIpc) is 3.40. The first-order chi connectivity index (χ1) is 15.0. The first-order valence-corrected chi connectivity index (χ1v) is 10.9. The Balaban J connectivity index is 1.45. The predicted molar refractivity (Wildman–Crippen MR) is 124 cm³/mol. The van der Waals surface area contributed by atoms with Crippen molar-refractivity contribution in [1.29, 1.82) is 0 Å². The molecule has 0 spiro atoms. The largest absolute Gasteiger partial charge is 0.497 e. The fourth-order valence-corrected chi connectivity index (χ4v) is 4.00. The number of thiazole rings is 1. The molecule has 0 fully saturated rings. The fraction of sp³-hybridized carbons (Fsp3) is 0.208. The van der Waals surface area contributed by atoms with Crippen molar-refractivity contribution >= 4 is 23.1 Å². The first kappa shape index (κ1) is 20.8. The molecule has 158 valence electrons. The van der Waals surface area contributed by atoms with Gasteiger partial charge < -0.3 is 10.1 Å². The maximum Gasteiger partial charge on any atom is 0.225 e. The lowest BCUT2D eigenvalue weighted by Gasteiger charge is -2.07. The second kappa shape index (κ2) is 9.14. The van der Waals surface area contributed by atoms with Gasteiger partial charge in [0.15, 0.2) is 0 Å². The monoisotopic (exact) mass is 432 g/mol. The maximum atomic E-state index is 12.6. The quantitative estimate of drug-likeness (QED) is 0.436. The summed E-state index contributed by atoms with van der Waals surface area (Å²) in [6, 6.07) is 17.9. The lowest BCUT2D eigenvalue weighted by molar-refractivity contribution is -0.116. The summed E-state index contributed by atoms with van der Waals surface area (Å²) >= 11 is 1.50. The van der Waals surface area contributed by atoms with Gasteiger partial charge in [-0.05, 0) is 38.0 Å². The molecule has 4 rings (SSSR count). The normalized spacial score (nSPS) is 10.8. The van der Waals surface area contributed by atoms with E-state index in [1.807, 2.05) is 42.6 Å². The van der Waals surface area contributed by atoms with Gasteiger partial charge in [-0.2, -0.15) is 9.78 Å². The van der Waals surface area contributed by atoms with Gasteiger partial charge in [-0.1, -0.05) is 42.0 Å². The van der Waals surface area contributed by atoms with E-state index in [-0.39, 0.29) is 5.91 Å². The smallest absolute Gasteiger partial charge is 0.225 e. The molecule has 0 aliphatic heterocycles. The highest BCUT2D eigenvalue weighted by atomic mass is 32.1. The van der Waals surface area contributed by atoms with Crippen LogP contribution in [0.15, 0.2) is 60.0 Å². The predicted octanol–water partition coefficient (Wildman–Crippen LogP) is 5.19. The van der Waals surface area contributed by atoms with E-state index < -0.39 is 0 Å². The van der Waals surface area contributed by atoms with E-state index in [4.69, 9.17) is 9.72 Å². The third-order valence-corrected chi connectivity index (χ3v) is 5.74. The zero-order valence-corrected chi connectivity index (χ0v) is 18.6.